The highest BCUT2D eigenvalue weighted by Gasteiger charge is 2.22. The lowest BCUT2D eigenvalue weighted by Gasteiger charge is -2.00. The number of benzene rings is 1. The molecule has 0 heterocycles. The summed E-state index contributed by atoms with van der Waals surface area (Å²) < 4.78 is 25.6. The van der Waals surface area contributed by atoms with Crippen LogP contribution in [0.15, 0.2) is 12.1 Å². The molecule has 0 radical (unpaired) electrons. The van der Waals surface area contributed by atoms with Crippen LogP contribution in [0.4, 0.5) is 8.78 Å². The van der Waals surface area contributed by atoms with Crippen LogP contribution in [-0.2, 0) is 12.8 Å². The Morgan fingerprint density at radius 2 is 1.62 bits per heavy atom. The molecule has 0 atom stereocenters. The smallest absolute Gasteiger partial charge is 0.159 e. The first-order valence-electron chi connectivity index (χ1n) is 4.20. The molecule has 70 valence electrons. The number of halogens is 2. The molecule has 13 heavy (non-hydrogen) atoms. The van der Waals surface area contributed by atoms with E-state index in [4.69, 9.17) is 0 Å². The van der Waals surface area contributed by atoms with Crippen molar-refractivity contribution in [3.8, 4) is 0 Å². The molecular weight excluding hydrogens is 190 g/mol. The Bertz CT molecular complexity index is 305. The molecule has 0 amide bonds. The van der Waals surface area contributed by atoms with E-state index in [2.05, 4.69) is 0 Å². The van der Waals surface area contributed by atoms with Crippen LogP contribution >= 0.6 is 11.8 Å². The first-order valence-corrected chi connectivity index (χ1v) is 5.49. The lowest BCUT2D eigenvalue weighted by molar-refractivity contribution is 0.507. The van der Waals surface area contributed by atoms with Crippen molar-refractivity contribution in [3.63, 3.8) is 0 Å². The largest absolute Gasteiger partial charge is 0.204 e. The van der Waals surface area contributed by atoms with Crippen molar-refractivity contribution < 1.29 is 8.78 Å². The minimum absolute atomic E-state index is 0.496. The van der Waals surface area contributed by atoms with Gasteiger partial charge in [-0.15, -0.1) is 0 Å². The predicted octanol–water partition coefficient (Wildman–Crippen LogP) is 2.80. The molecule has 1 aromatic rings. The Morgan fingerprint density at radius 3 is 2.00 bits per heavy atom. The second kappa shape index (κ2) is 3.29. The van der Waals surface area contributed by atoms with E-state index in [-0.39, 0.29) is 0 Å². The molecule has 0 saturated heterocycles. The highest BCUT2D eigenvalue weighted by molar-refractivity contribution is 7.99. The third-order valence-corrected chi connectivity index (χ3v) is 3.47. The standard InChI is InChI=1S/C10H10F2S/c1-13-8-2-6-4-9(11)10(12)5-7(6)3-8/h4-5,8H,2-3H2,1H3. The van der Waals surface area contributed by atoms with Crippen LogP contribution in [0.5, 0.6) is 0 Å². The summed E-state index contributed by atoms with van der Waals surface area (Å²) in [5.41, 5.74) is 1.94. The van der Waals surface area contributed by atoms with E-state index in [1.54, 1.807) is 11.8 Å². The minimum atomic E-state index is -0.722. The summed E-state index contributed by atoms with van der Waals surface area (Å²) in [5.74, 6) is -1.44. The zero-order valence-electron chi connectivity index (χ0n) is 7.31. The summed E-state index contributed by atoms with van der Waals surface area (Å²) in [4.78, 5) is 0. The fraction of sp³-hybridized carbons (Fsp3) is 0.400. The van der Waals surface area contributed by atoms with Gasteiger partial charge in [0.25, 0.3) is 0 Å². The van der Waals surface area contributed by atoms with Crippen LogP contribution in [0.2, 0.25) is 0 Å². The van der Waals surface area contributed by atoms with Crippen LogP contribution in [-0.4, -0.2) is 11.5 Å². The Labute approximate surface area is 80.3 Å². The highest BCUT2D eigenvalue weighted by atomic mass is 32.2. The summed E-state index contributed by atoms with van der Waals surface area (Å²) in [6, 6.07) is 2.67. The molecule has 1 aromatic carbocycles. The molecule has 1 aliphatic carbocycles. The third-order valence-electron chi connectivity index (χ3n) is 2.47. The summed E-state index contributed by atoms with van der Waals surface area (Å²) in [6.07, 6.45) is 3.77. The fourth-order valence-electron chi connectivity index (χ4n) is 1.74. The third kappa shape index (κ3) is 1.57. The maximum atomic E-state index is 12.8. The molecule has 3 heteroatoms. The van der Waals surface area contributed by atoms with Crippen molar-refractivity contribution in [2.75, 3.05) is 6.26 Å². The van der Waals surface area contributed by atoms with Crippen LogP contribution in [0.3, 0.4) is 0 Å². The SMILES string of the molecule is CSC1Cc2cc(F)c(F)cc2C1. The lowest BCUT2D eigenvalue weighted by Crippen LogP contribution is -1.98. The Balaban J connectivity index is 2.36. The van der Waals surface area contributed by atoms with Crippen molar-refractivity contribution in [3.05, 3.63) is 34.9 Å². The molecule has 1 aliphatic rings. The number of hydrogen-bond donors (Lipinski definition) is 0. The van der Waals surface area contributed by atoms with Gasteiger partial charge in [0, 0.05) is 5.25 Å². The van der Waals surface area contributed by atoms with Crippen molar-refractivity contribution in [2.24, 2.45) is 0 Å². The Morgan fingerprint density at radius 1 is 1.15 bits per heavy atom. The summed E-state index contributed by atoms with van der Waals surface area (Å²) in [7, 11) is 0. The van der Waals surface area contributed by atoms with E-state index in [0.29, 0.717) is 5.25 Å². The maximum Gasteiger partial charge on any atom is 0.159 e. The van der Waals surface area contributed by atoms with Gasteiger partial charge in [0.05, 0.1) is 0 Å². The number of thioether (sulfide) groups is 1. The van der Waals surface area contributed by atoms with E-state index in [9.17, 15) is 8.78 Å². The molecule has 0 bridgehead atoms. The van der Waals surface area contributed by atoms with Gasteiger partial charge in [0.1, 0.15) is 0 Å². The molecule has 0 saturated carbocycles. The molecule has 0 unspecified atom stereocenters. The predicted molar refractivity (Wildman–Crippen MR) is 51.1 cm³/mol. The van der Waals surface area contributed by atoms with Gasteiger partial charge >= 0.3 is 0 Å². The Hall–Kier alpha value is -0.570. The van der Waals surface area contributed by atoms with Gasteiger partial charge in [0.15, 0.2) is 11.6 Å². The molecule has 0 aliphatic heterocycles. The van der Waals surface area contributed by atoms with Gasteiger partial charge in [-0.1, -0.05) is 0 Å². The molecule has 0 spiro atoms. The van der Waals surface area contributed by atoms with Crippen LogP contribution in [0, 0.1) is 11.6 Å². The van der Waals surface area contributed by atoms with E-state index < -0.39 is 11.6 Å². The molecule has 0 N–H and O–H groups in total. The summed E-state index contributed by atoms with van der Waals surface area (Å²) in [5, 5.41) is 0.496. The van der Waals surface area contributed by atoms with Crippen molar-refractivity contribution in [2.45, 2.75) is 18.1 Å². The van der Waals surface area contributed by atoms with Gasteiger partial charge in [-0.05, 0) is 42.4 Å². The quantitative estimate of drug-likeness (QED) is 0.671. The maximum absolute atomic E-state index is 12.8. The van der Waals surface area contributed by atoms with E-state index in [1.807, 2.05) is 6.26 Å². The van der Waals surface area contributed by atoms with Gasteiger partial charge in [0.2, 0.25) is 0 Å². The van der Waals surface area contributed by atoms with Gasteiger partial charge in [-0.2, -0.15) is 11.8 Å². The summed E-state index contributed by atoms with van der Waals surface area (Å²) >= 11 is 1.76. The monoisotopic (exact) mass is 200 g/mol. The normalized spacial score (nSPS) is 16.2. The highest BCUT2D eigenvalue weighted by Crippen LogP contribution is 2.30. The zero-order valence-corrected chi connectivity index (χ0v) is 8.13. The van der Waals surface area contributed by atoms with Crippen LogP contribution in [0.1, 0.15) is 11.1 Å². The second-order valence-electron chi connectivity index (χ2n) is 3.30. The number of hydrogen-bond acceptors (Lipinski definition) is 1. The minimum Gasteiger partial charge on any atom is -0.204 e. The average Bonchev–Trinajstić information content (AvgIpc) is 2.48. The summed E-state index contributed by atoms with van der Waals surface area (Å²) in [6.45, 7) is 0. The van der Waals surface area contributed by atoms with Crippen molar-refractivity contribution in [1.29, 1.82) is 0 Å². The Kier molecular flexibility index (Phi) is 2.28. The molecule has 2 rings (SSSR count). The first kappa shape index (κ1) is 9.00. The topological polar surface area (TPSA) is 0 Å². The molecule has 0 aromatic heterocycles. The zero-order chi connectivity index (χ0) is 9.42. The lowest BCUT2D eigenvalue weighted by atomic mass is 10.1. The number of fused-ring (bicyclic) bond motifs is 1. The van der Waals surface area contributed by atoms with E-state index in [1.165, 1.54) is 12.1 Å². The van der Waals surface area contributed by atoms with Crippen LogP contribution in [0.25, 0.3) is 0 Å². The molecular formula is C10H10F2S. The second-order valence-corrected chi connectivity index (χ2v) is 4.44. The molecule has 0 fully saturated rings. The van der Waals surface area contributed by atoms with Gasteiger partial charge in [-0.25, -0.2) is 8.78 Å². The van der Waals surface area contributed by atoms with Crippen molar-refractivity contribution in [1.82, 2.24) is 0 Å². The van der Waals surface area contributed by atoms with Gasteiger partial charge < -0.3 is 0 Å². The number of rotatable bonds is 1. The average molecular weight is 200 g/mol. The fourth-order valence-corrected chi connectivity index (χ4v) is 2.43. The van der Waals surface area contributed by atoms with Crippen molar-refractivity contribution >= 4 is 11.8 Å². The van der Waals surface area contributed by atoms with E-state index >= 15 is 0 Å². The van der Waals surface area contributed by atoms with Gasteiger partial charge in [-0.3, -0.25) is 0 Å². The van der Waals surface area contributed by atoms with E-state index in [0.717, 1.165) is 24.0 Å². The first-order chi connectivity index (χ1) is 6.20. The van der Waals surface area contributed by atoms with Crippen LogP contribution < -0.4 is 0 Å². The molecule has 0 nitrogen and oxygen atoms in total.